The maximum absolute atomic E-state index is 12.1. The van der Waals surface area contributed by atoms with Gasteiger partial charge in [0.2, 0.25) is 5.91 Å². The van der Waals surface area contributed by atoms with Gasteiger partial charge in [-0.15, -0.1) is 0 Å². The number of carbonyl (C=O) groups is 1. The van der Waals surface area contributed by atoms with Crippen LogP contribution in [0.25, 0.3) is 0 Å². The first-order chi connectivity index (χ1) is 11.3. The minimum absolute atomic E-state index is 0.146. The molecule has 126 valence electrons. The number of rotatable bonds is 6. The first-order valence-electron chi connectivity index (χ1n) is 7.12. The van der Waals surface area contributed by atoms with E-state index in [0.717, 1.165) is 0 Å². The van der Waals surface area contributed by atoms with Gasteiger partial charge in [0.25, 0.3) is 5.69 Å². The van der Waals surface area contributed by atoms with Crippen molar-refractivity contribution in [2.75, 3.05) is 11.1 Å². The van der Waals surface area contributed by atoms with Gasteiger partial charge in [-0.25, -0.2) is 8.42 Å². The van der Waals surface area contributed by atoms with Gasteiger partial charge in [-0.1, -0.05) is 24.3 Å². The number of nitro groups is 1. The van der Waals surface area contributed by atoms with Crippen molar-refractivity contribution in [3.05, 3.63) is 64.2 Å². The van der Waals surface area contributed by atoms with Crippen LogP contribution in [0, 0.1) is 17.0 Å². The molecule has 0 atom stereocenters. The zero-order chi connectivity index (χ0) is 17.7. The third-order valence-corrected chi connectivity index (χ3v) is 5.14. The van der Waals surface area contributed by atoms with Crippen LogP contribution in [-0.4, -0.2) is 25.0 Å². The summed E-state index contributed by atoms with van der Waals surface area (Å²) >= 11 is 0. The lowest BCUT2D eigenvalue weighted by Crippen LogP contribution is -2.18. The van der Waals surface area contributed by atoms with E-state index < -0.39 is 20.7 Å². The van der Waals surface area contributed by atoms with Crippen LogP contribution in [0.4, 0.5) is 11.4 Å². The van der Waals surface area contributed by atoms with Crippen molar-refractivity contribution in [3.8, 4) is 0 Å². The summed E-state index contributed by atoms with van der Waals surface area (Å²) in [5, 5.41) is 13.3. The predicted molar refractivity (Wildman–Crippen MR) is 89.6 cm³/mol. The van der Waals surface area contributed by atoms with Crippen molar-refractivity contribution < 1.29 is 18.1 Å². The molecule has 0 aliphatic carbocycles. The van der Waals surface area contributed by atoms with Crippen LogP contribution in [0.5, 0.6) is 0 Å². The summed E-state index contributed by atoms with van der Waals surface area (Å²) in [5.41, 5.74) is 0.805. The fourth-order valence-electron chi connectivity index (χ4n) is 2.04. The van der Waals surface area contributed by atoms with Crippen molar-refractivity contribution in [2.45, 2.75) is 18.2 Å². The highest BCUT2D eigenvalue weighted by Crippen LogP contribution is 2.22. The third kappa shape index (κ3) is 4.39. The SMILES string of the molecule is Cc1ccc([N+](=O)[O-])cc1NC(=O)CCS(=O)(=O)c1ccccc1. The highest BCUT2D eigenvalue weighted by atomic mass is 32.2. The molecule has 0 bridgehead atoms. The highest BCUT2D eigenvalue weighted by molar-refractivity contribution is 7.91. The largest absolute Gasteiger partial charge is 0.326 e. The number of aryl methyl sites for hydroxylation is 1. The summed E-state index contributed by atoms with van der Waals surface area (Å²) in [5.74, 6) is -0.852. The van der Waals surface area contributed by atoms with Gasteiger partial charge in [-0.05, 0) is 24.6 Å². The molecule has 1 amide bonds. The number of hydrogen-bond donors (Lipinski definition) is 1. The van der Waals surface area contributed by atoms with E-state index in [1.165, 1.54) is 30.3 Å². The normalized spacial score (nSPS) is 11.0. The van der Waals surface area contributed by atoms with E-state index in [2.05, 4.69) is 5.32 Å². The van der Waals surface area contributed by atoms with Crippen molar-refractivity contribution in [1.29, 1.82) is 0 Å². The van der Waals surface area contributed by atoms with Crippen LogP contribution in [0.15, 0.2) is 53.4 Å². The molecule has 1 N–H and O–H groups in total. The first-order valence-corrected chi connectivity index (χ1v) is 8.77. The van der Waals surface area contributed by atoms with E-state index in [-0.39, 0.29) is 22.8 Å². The zero-order valence-corrected chi connectivity index (χ0v) is 13.7. The standard InChI is InChI=1S/C16H16N2O5S/c1-12-7-8-13(18(20)21)11-15(12)17-16(19)9-10-24(22,23)14-5-3-2-4-6-14/h2-8,11H,9-10H2,1H3,(H,17,19). The Morgan fingerprint density at radius 2 is 1.83 bits per heavy atom. The lowest BCUT2D eigenvalue weighted by Gasteiger charge is -2.09. The molecule has 0 aliphatic heterocycles. The number of hydrogen-bond acceptors (Lipinski definition) is 5. The van der Waals surface area contributed by atoms with Crippen LogP contribution in [0.1, 0.15) is 12.0 Å². The van der Waals surface area contributed by atoms with Crippen LogP contribution in [0.2, 0.25) is 0 Å². The smallest absolute Gasteiger partial charge is 0.271 e. The second-order valence-electron chi connectivity index (χ2n) is 5.19. The topological polar surface area (TPSA) is 106 Å². The molecule has 0 radical (unpaired) electrons. The Morgan fingerprint density at radius 1 is 1.17 bits per heavy atom. The van der Waals surface area contributed by atoms with Gasteiger partial charge in [0.1, 0.15) is 0 Å². The molecule has 8 heteroatoms. The van der Waals surface area contributed by atoms with Crippen LogP contribution in [-0.2, 0) is 14.6 Å². The Bertz CT molecular complexity index is 863. The van der Waals surface area contributed by atoms with Gasteiger partial charge in [0, 0.05) is 18.6 Å². The molecule has 0 spiro atoms. The zero-order valence-electron chi connectivity index (χ0n) is 12.9. The Labute approximate surface area is 139 Å². The van der Waals surface area contributed by atoms with Crippen LogP contribution in [0.3, 0.4) is 0 Å². The third-order valence-electron chi connectivity index (χ3n) is 3.41. The molecule has 0 aliphatic rings. The van der Waals surface area contributed by atoms with Gasteiger partial charge < -0.3 is 5.32 Å². The molecule has 0 fully saturated rings. The van der Waals surface area contributed by atoms with Crippen molar-refractivity contribution >= 4 is 27.1 Å². The minimum atomic E-state index is -3.55. The Hall–Kier alpha value is -2.74. The van der Waals surface area contributed by atoms with E-state index in [1.54, 1.807) is 25.1 Å². The Morgan fingerprint density at radius 3 is 2.46 bits per heavy atom. The van der Waals surface area contributed by atoms with E-state index >= 15 is 0 Å². The molecular weight excluding hydrogens is 332 g/mol. The van der Waals surface area contributed by atoms with Crippen LogP contribution >= 0.6 is 0 Å². The number of anilines is 1. The number of non-ortho nitro benzene ring substituents is 1. The molecule has 0 unspecified atom stereocenters. The average Bonchev–Trinajstić information content (AvgIpc) is 2.56. The number of benzene rings is 2. The monoisotopic (exact) mass is 348 g/mol. The van der Waals surface area contributed by atoms with E-state index in [1.807, 2.05) is 0 Å². The van der Waals surface area contributed by atoms with Gasteiger partial charge in [0.15, 0.2) is 9.84 Å². The fourth-order valence-corrected chi connectivity index (χ4v) is 3.31. The molecular formula is C16H16N2O5S. The van der Waals surface area contributed by atoms with Crippen LogP contribution < -0.4 is 5.32 Å². The molecule has 0 heterocycles. The highest BCUT2D eigenvalue weighted by Gasteiger charge is 2.17. The predicted octanol–water partition coefficient (Wildman–Crippen LogP) is 2.71. The molecule has 2 aromatic carbocycles. The van der Waals surface area contributed by atoms with Crippen molar-refractivity contribution in [1.82, 2.24) is 0 Å². The van der Waals surface area contributed by atoms with E-state index in [4.69, 9.17) is 0 Å². The molecule has 0 saturated heterocycles. The molecule has 0 aromatic heterocycles. The summed E-state index contributed by atoms with van der Waals surface area (Å²) in [6.45, 7) is 1.69. The first kappa shape index (κ1) is 17.6. The number of carbonyl (C=O) groups excluding carboxylic acids is 1. The van der Waals surface area contributed by atoms with E-state index in [0.29, 0.717) is 11.3 Å². The molecule has 2 rings (SSSR count). The summed E-state index contributed by atoms with van der Waals surface area (Å²) < 4.78 is 24.3. The summed E-state index contributed by atoms with van der Waals surface area (Å²) in [6.07, 6.45) is -0.237. The summed E-state index contributed by atoms with van der Waals surface area (Å²) in [6, 6.07) is 12.0. The van der Waals surface area contributed by atoms with Gasteiger partial charge in [0.05, 0.1) is 21.3 Å². The summed E-state index contributed by atoms with van der Waals surface area (Å²) in [7, 11) is -3.55. The molecule has 24 heavy (non-hydrogen) atoms. The molecule has 0 saturated carbocycles. The minimum Gasteiger partial charge on any atom is -0.326 e. The van der Waals surface area contributed by atoms with Gasteiger partial charge in [-0.2, -0.15) is 0 Å². The van der Waals surface area contributed by atoms with Gasteiger partial charge in [-0.3, -0.25) is 14.9 Å². The lowest BCUT2D eigenvalue weighted by atomic mass is 10.2. The number of nitro benzene ring substituents is 1. The lowest BCUT2D eigenvalue weighted by molar-refractivity contribution is -0.384. The fraction of sp³-hybridized carbons (Fsp3) is 0.188. The second kappa shape index (κ2) is 7.22. The second-order valence-corrected chi connectivity index (χ2v) is 7.30. The van der Waals surface area contributed by atoms with Gasteiger partial charge >= 0.3 is 0 Å². The maximum atomic E-state index is 12.1. The van der Waals surface area contributed by atoms with Crippen molar-refractivity contribution in [2.24, 2.45) is 0 Å². The molecule has 2 aromatic rings. The Kier molecular flexibility index (Phi) is 5.30. The number of nitrogens with zero attached hydrogens (tertiary/aromatic N) is 1. The van der Waals surface area contributed by atoms with E-state index in [9.17, 15) is 23.3 Å². The number of sulfone groups is 1. The molecule has 7 nitrogen and oxygen atoms in total. The Balaban J connectivity index is 2.04. The average molecular weight is 348 g/mol. The summed E-state index contributed by atoms with van der Waals surface area (Å²) in [4.78, 5) is 22.4. The number of nitrogens with one attached hydrogen (secondary N) is 1. The number of amides is 1. The van der Waals surface area contributed by atoms with Crippen molar-refractivity contribution in [3.63, 3.8) is 0 Å². The maximum Gasteiger partial charge on any atom is 0.271 e. The quantitative estimate of drug-likeness (QED) is 0.638.